The fraction of sp³-hybridized carbons (Fsp3) is 0.588. The van der Waals surface area contributed by atoms with Gasteiger partial charge in [0.15, 0.2) is 0 Å². The van der Waals surface area contributed by atoms with E-state index in [1.54, 1.807) is 7.11 Å². The van der Waals surface area contributed by atoms with Crippen molar-refractivity contribution in [3.8, 4) is 0 Å². The Morgan fingerprint density at radius 3 is 2.55 bits per heavy atom. The number of rotatable bonds is 7. The number of nitrogens with zero attached hydrogens (tertiary/aromatic N) is 2. The molecule has 2 rings (SSSR count). The molecule has 1 aromatic rings. The van der Waals surface area contributed by atoms with Crippen LogP contribution < -0.4 is 5.32 Å². The first-order chi connectivity index (χ1) is 10.7. The Kier molecular flexibility index (Phi) is 6.83. The van der Waals surface area contributed by atoms with E-state index >= 15 is 0 Å². The highest BCUT2D eigenvalue weighted by Crippen LogP contribution is 2.20. The Balaban J connectivity index is 1.72. The fourth-order valence-electron chi connectivity index (χ4n) is 2.80. The third kappa shape index (κ3) is 5.09. The first-order valence-corrected chi connectivity index (χ1v) is 7.97. The number of ether oxygens (including phenoxy) is 1. The van der Waals surface area contributed by atoms with Gasteiger partial charge >= 0.3 is 0 Å². The van der Waals surface area contributed by atoms with Crippen LogP contribution in [0.25, 0.3) is 0 Å². The highest BCUT2D eigenvalue weighted by Gasteiger charge is 2.22. The van der Waals surface area contributed by atoms with Gasteiger partial charge in [0.25, 0.3) is 0 Å². The van der Waals surface area contributed by atoms with E-state index in [1.807, 2.05) is 0 Å². The molecule has 1 atom stereocenters. The highest BCUT2D eigenvalue weighted by molar-refractivity contribution is 5.77. The van der Waals surface area contributed by atoms with Crippen molar-refractivity contribution in [2.45, 2.75) is 13.0 Å². The summed E-state index contributed by atoms with van der Waals surface area (Å²) in [5, 5.41) is 2.87. The lowest BCUT2D eigenvalue weighted by Gasteiger charge is -2.38. The maximum Gasteiger partial charge on any atom is 0.234 e. The van der Waals surface area contributed by atoms with Gasteiger partial charge in [0.1, 0.15) is 0 Å². The molecule has 0 radical (unpaired) electrons. The lowest BCUT2D eigenvalue weighted by atomic mass is 10.1. The fourth-order valence-corrected chi connectivity index (χ4v) is 2.80. The van der Waals surface area contributed by atoms with Crippen molar-refractivity contribution < 1.29 is 9.53 Å². The molecular formula is C17H27N3O2. The molecule has 1 aromatic carbocycles. The van der Waals surface area contributed by atoms with Gasteiger partial charge in [0.2, 0.25) is 5.91 Å². The van der Waals surface area contributed by atoms with Crippen LogP contribution in [0.15, 0.2) is 30.3 Å². The van der Waals surface area contributed by atoms with Crippen molar-refractivity contribution in [3.05, 3.63) is 35.9 Å². The normalized spacial score (nSPS) is 18.1. The number of benzene rings is 1. The number of carbonyl (C=O) groups is 1. The minimum Gasteiger partial charge on any atom is -0.383 e. The Morgan fingerprint density at radius 1 is 1.23 bits per heavy atom. The number of piperazine rings is 1. The number of amides is 1. The molecule has 1 saturated heterocycles. The number of nitrogens with one attached hydrogen (secondary N) is 1. The van der Waals surface area contributed by atoms with Crippen molar-refractivity contribution >= 4 is 5.91 Å². The second-order valence-corrected chi connectivity index (χ2v) is 5.74. The Labute approximate surface area is 133 Å². The molecule has 1 N–H and O–H groups in total. The van der Waals surface area contributed by atoms with Crippen molar-refractivity contribution in [1.29, 1.82) is 0 Å². The summed E-state index contributed by atoms with van der Waals surface area (Å²) in [6, 6.07) is 11.0. The molecule has 122 valence electrons. The SMILES string of the molecule is COCCNC(=O)CN1CCN(C(C)c2ccccc2)CC1. The van der Waals surface area contributed by atoms with Crippen LogP contribution in [-0.2, 0) is 9.53 Å². The Bertz CT molecular complexity index is 444. The lowest BCUT2D eigenvalue weighted by Crippen LogP contribution is -2.50. The summed E-state index contributed by atoms with van der Waals surface area (Å²) in [6.07, 6.45) is 0. The topological polar surface area (TPSA) is 44.8 Å². The number of carbonyl (C=O) groups excluding carboxylic acids is 1. The zero-order valence-corrected chi connectivity index (χ0v) is 13.6. The van der Waals surface area contributed by atoms with Gasteiger partial charge in [0.05, 0.1) is 13.2 Å². The van der Waals surface area contributed by atoms with E-state index in [0.29, 0.717) is 25.7 Å². The molecule has 1 amide bonds. The Morgan fingerprint density at radius 2 is 1.91 bits per heavy atom. The molecule has 5 nitrogen and oxygen atoms in total. The first kappa shape index (κ1) is 16.9. The molecule has 1 aliphatic rings. The average Bonchev–Trinajstić information content (AvgIpc) is 2.56. The summed E-state index contributed by atoms with van der Waals surface area (Å²) in [5.74, 6) is 0.0848. The van der Waals surface area contributed by atoms with Gasteiger partial charge in [-0.05, 0) is 12.5 Å². The molecule has 0 saturated carbocycles. The van der Waals surface area contributed by atoms with E-state index in [0.717, 1.165) is 26.2 Å². The largest absolute Gasteiger partial charge is 0.383 e. The summed E-state index contributed by atoms with van der Waals surface area (Å²) >= 11 is 0. The molecule has 1 aliphatic heterocycles. The number of hydrogen-bond donors (Lipinski definition) is 1. The summed E-state index contributed by atoms with van der Waals surface area (Å²) in [7, 11) is 1.64. The van der Waals surface area contributed by atoms with Crippen LogP contribution in [0.2, 0.25) is 0 Å². The van der Waals surface area contributed by atoms with Crippen molar-refractivity contribution in [1.82, 2.24) is 15.1 Å². The van der Waals surface area contributed by atoms with Crippen LogP contribution in [-0.4, -0.2) is 68.7 Å². The van der Waals surface area contributed by atoms with Gasteiger partial charge < -0.3 is 10.1 Å². The maximum atomic E-state index is 11.8. The van der Waals surface area contributed by atoms with Gasteiger partial charge in [-0.25, -0.2) is 0 Å². The first-order valence-electron chi connectivity index (χ1n) is 7.97. The van der Waals surface area contributed by atoms with Crippen LogP contribution >= 0.6 is 0 Å². The zero-order valence-electron chi connectivity index (χ0n) is 13.6. The number of methoxy groups -OCH3 is 1. The predicted octanol–water partition coefficient (Wildman–Crippen LogP) is 1.13. The summed E-state index contributed by atoms with van der Waals surface area (Å²) in [6.45, 7) is 7.76. The maximum absolute atomic E-state index is 11.8. The van der Waals surface area contributed by atoms with Crippen molar-refractivity contribution in [2.75, 3.05) is 53.0 Å². The standard InChI is InChI=1S/C17H27N3O2/c1-15(16-6-4-3-5-7-16)20-11-9-19(10-12-20)14-17(21)18-8-13-22-2/h3-7,15H,8-14H2,1-2H3,(H,18,21). The molecular weight excluding hydrogens is 278 g/mol. The minimum atomic E-state index is 0.0848. The third-order valence-electron chi connectivity index (χ3n) is 4.23. The van der Waals surface area contributed by atoms with E-state index in [2.05, 4.69) is 52.4 Å². The monoisotopic (exact) mass is 305 g/mol. The molecule has 1 heterocycles. The zero-order chi connectivity index (χ0) is 15.8. The molecule has 1 fully saturated rings. The van der Waals surface area contributed by atoms with Crippen LogP contribution in [0.1, 0.15) is 18.5 Å². The van der Waals surface area contributed by atoms with Crippen LogP contribution in [0.5, 0.6) is 0 Å². The van der Waals surface area contributed by atoms with Gasteiger partial charge in [-0.15, -0.1) is 0 Å². The van der Waals surface area contributed by atoms with Gasteiger partial charge in [-0.3, -0.25) is 14.6 Å². The molecule has 22 heavy (non-hydrogen) atoms. The van der Waals surface area contributed by atoms with Crippen LogP contribution in [0.3, 0.4) is 0 Å². The lowest BCUT2D eigenvalue weighted by molar-refractivity contribution is -0.122. The minimum absolute atomic E-state index is 0.0848. The van der Waals surface area contributed by atoms with E-state index in [4.69, 9.17) is 4.74 Å². The molecule has 0 bridgehead atoms. The average molecular weight is 305 g/mol. The molecule has 5 heteroatoms. The summed E-state index contributed by atoms with van der Waals surface area (Å²) in [4.78, 5) is 16.5. The smallest absolute Gasteiger partial charge is 0.234 e. The summed E-state index contributed by atoms with van der Waals surface area (Å²) < 4.78 is 4.93. The van der Waals surface area contributed by atoms with Gasteiger partial charge in [0, 0.05) is 45.9 Å². The van der Waals surface area contributed by atoms with Crippen molar-refractivity contribution in [3.63, 3.8) is 0 Å². The van der Waals surface area contributed by atoms with E-state index in [1.165, 1.54) is 5.56 Å². The molecule has 0 spiro atoms. The molecule has 0 aromatic heterocycles. The second-order valence-electron chi connectivity index (χ2n) is 5.74. The third-order valence-corrected chi connectivity index (χ3v) is 4.23. The quantitative estimate of drug-likeness (QED) is 0.767. The van der Waals surface area contributed by atoms with E-state index in [-0.39, 0.29) is 5.91 Å². The van der Waals surface area contributed by atoms with E-state index < -0.39 is 0 Å². The van der Waals surface area contributed by atoms with Crippen LogP contribution in [0.4, 0.5) is 0 Å². The summed E-state index contributed by atoms with van der Waals surface area (Å²) in [5.41, 5.74) is 1.35. The second kappa shape index (κ2) is 8.88. The van der Waals surface area contributed by atoms with E-state index in [9.17, 15) is 4.79 Å². The Hall–Kier alpha value is -1.43. The highest BCUT2D eigenvalue weighted by atomic mass is 16.5. The molecule has 1 unspecified atom stereocenters. The number of hydrogen-bond acceptors (Lipinski definition) is 4. The van der Waals surface area contributed by atoms with Gasteiger partial charge in [-0.2, -0.15) is 0 Å². The van der Waals surface area contributed by atoms with Crippen molar-refractivity contribution in [2.24, 2.45) is 0 Å². The molecule has 0 aliphatic carbocycles. The van der Waals surface area contributed by atoms with Crippen LogP contribution in [0, 0.1) is 0 Å². The predicted molar refractivity (Wildman–Crippen MR) is 87.8 cm³/mol. The van der Waals surface area contributed by atoms with Gasteiger partial charge in [-0.1, -0.05) is 30.3 Å².